The van der Waals surface area contributed by atoms with Crippen molar-refractivity contribution in [3.8, 4) is 11.5 Å². The standard InChI is InChI=1S/C38H44ClN3O5/c1-8-30(27-13-11-14-29(25-27)45-7)34(36-35(39)31-15-9-10-16-32(31)40-36)26-18-20-28(21-19-26)46-24-23-42(37(44)47-38(2,3)4)22-12-17-33(43)41(5)6/h9-21,25,40H,8,22-24H2,1-7H3/b17-12+,34-30+. The molecule has 0 aliphatic heterocycles. The van der Waals surface area contributed by atoms with Crippen LogP contribution in [0.5, 0.6) is 11.5 Å². The van der Waals surface area contributed by atoms with Gasteiger partial charge in [0, 0.05) is 43.2 Å². The van der Waals surface area contributed by atoms with Gasteiger partial charge in [0.25, 0.3) is 0 Å². The van der Waals surface area contributed by atoms with Crippen LogP contribution < -0.4 is 9.47 Å². The molecule has 2 amide bonds. The molecule has 4 rings (SSSR count). The number of amides is 2. The number of hydrogen-bond acceptors (Lipinski definition) is 5. The quantitative estimate of drug-likeness (QED) is 0.122. The highest BCUT2D eigenvalue weighted by atomic mass is 35.5. The summed E-state index contributed by atoms with van der Waals surface area (Å²) in [7, 11) is 5.01. The molecule has 4 aromatic rings. The molecule has 0 atom stereocenters. The van der Waals surface area contributed by atoms with E-state index in [-0.39, 0.29) is 25.6 Å². The Morgan fingerprint density at radius 1 is 0.936 bits per heavy atom. The van der Waals surface area contributed by atoms with Crippen molar-refractivity contribution in [3.05, 3.63) is 107 Å². The molecule has 0 saturated heterocycles. The number of fused-ring (bicyclic) bond motifs is 1. The van der Waals surface area contributed by atoms with Crippen LogP contribution in [0.3, 0.4) is 0 Å². The molecule has 3 aromatic carbocycles. The van der Waals surface area contributed by atoms with E-state index in [1.807, 2.05) is 87.5 Å². The molecule has 47 heavy (non-hydrogen) atoms. The lowest BCUT2D eigenvalue weighted by molar-refractivity contribution is -0.123. The Balaban J connectivity index is 1.61. The van der Waals surface area contributed by atoms with Crippen LogP contribution in [-0.2, 0) is 9.53 Å². The number of nitrogens with zero attached hydrogens (tertiary/aromatic N) is 2. The average Bonchev–Trinajstić information content (AvgIpc) is 3.37. The molecule has 1 heterocycles. The third-order valence-electron chi connectivity index (χ3n) is 7.42. The maximum absolute atomic E-state index is 12.9. The molecule has 0 spiro atoms. The molecule has 0 fully saturated rings. The van der Waals surface area contributed by atoms with E-state index in [0.717, 1.165) is 51.0 Å². The Bertz CT molecular complexity index is 1750. The Hall–Kier alpha value is -4.69. The molecule has 0 bridgehead atoms. The molecule has 8 nitrogen and oxygen atoms in total. The van der Waals surface area contributed by atoms with Gasteiger partial charge in [0.15, 0.2) is 0 Å². The van der Waals surface area contributed by atoms with Gasteiger partial charge in [-0.25, -0.2) is 4.79 Å². The summed E-state index contributed by atoms with van der Waals surface area (Å²) in [4.78, 5) is 31.4. The lowest BCUT2D eigenvalue weighted by Gasteiger charge is -2.26. The van der Waals surface area contributed by atoms with Gasteiger partial charge in [-0.3, -0.25) is 4.79 Å². The van der Waals surface area contributed by atoms with E-state index < -0.39 is 11.7 Å². The van der Waals surface area contributed by atoms with Crippen molar-refractivity contribution in [2.45, 2.75) is 39.7 Å². The van der Waals surface area contributed by atoms with Crippen LogP contribution in [0.15, 0.2) is 84.9 Å². The summed E-state index contributed by atoms with van der Waals surface area (Å²) >= 11 is 7.03. The summed E-state index contributed by atoms with van der Waals surface area (Å²) in [5.41, 5.74) is 5.26. The smallest absolute Gasteiger partial charge is 0.410 e. The number of H-pyrrole nitrogens is 1. The zero-order valence-electron chi connectivity index (χ0n) is 28.2. The average molecular weight is 658 g/mol. The second-order valence-corrected chi connectivity index (χ2v) is 12.6. The maximum atomic E-state index is 12.9. The molecule has 0 aliphatic carbocycles. The number of carbonyl (C=O) groups excluding carboxylic acids is 2. The number of aromatic amines is 1. The number of ether oxygens (including phenoxy) is 3. The van der Waals surface area contributed by atoms with Crippen LogP contribution in [0, 0.1) is 0 Å². The van der Waals surface area contributed by atoms with E-state index in [0.29, 0.717) is 10.8 Å². The Kier molecular flexibility index (Phi) is 11.8. The van der Waals surface area contributed by atoms with Crippen molar-refractivity contribution in [2.24, 2.45) is 0 Å². The number of aromatic nitrogens is 1. The van der Waals surface area contributed by atoms with Crippen LogP contribution in [0.2, 0.25) is 5.02 Å². The van der Waals surface area contributed by atoms with Crippen molar-refractivity contribution in [1.29, 1.82) is 0 Å². The number of methoxy groups -OCH3 is 1. The number of rotatable bonds is 12. The lowest BCUT2D eigenvalue weighted by atomic mass is 9.90. The predicted molar refractivity (Wildman–Crippen MR) is 190 cm³/mol. The van der Waals surface area contributed by atoms with Crippen molar-refractivity contribution >= 4 is 45.7 Å². The first kappa shape index (κ1) is 35.2. The predicted octanol–water partition coefficient (Wildman–Crippen LogP) is 8.46. The molecule has 248 valence electrons. The fourth-order valence-corrected chi connectivity index (χ4v) is 5.40. The van der Waals surface area contributed by atoms with Gasteiger partial charge in [0.1, 0.15) is 23.7 Å². The van der Waals surface area contributed by atoms with E-state index >= 15 is 0 Å². The molecular formula is C38H44ClN3O5. The minimum Gasteiger partial charge on any atom is -0.497 e. The molecule has 0 radical (unpaired) electrons. The SMILES string of the molecule is CC/C(=C(/c1ccc(OCCN(C/C=C/C(=O)N(C)C)C(=O)OC(C)(C)C)cc1)c1[nH]c2ccccc2c1Cl)c1cccc(OC)c1. The number of para-hydroxylation sites is 1. The van der Waals surface area contributed by atoms with E-state index in [1.165, 1.54) is 15.9 Å². The summed E-state index contributed by atoms with van der Waals surface area (Å²) in [5.74, 6) is 1.27. The third kappa shape index (κ3) is 9.20. The molecule has 0 saturated carbocycles. The second kappa shape index (κ2) is 15.7. The molecular weight excluding hydrogens is 614 g/mol. The highest BCUT2D eigenvalue weighted by Gasteiger charge is 2.22. The van der Waals surface area contributed by atoms with Gasteiger partial charge < -0.3 is 29.0 Å². The van der Waals surface area contributed by atoms with E-state index in [1.54, 1.807) is 27.3 Å². The van der Waals surface area contributed by atoms with Gasteiger partial charge >= 0.3 is 6.09 Å². The van der Waals surface area contributed by atoms with E-state index in [2.05, 4.69) is 18.0 Å². The molecule has 9 heteroatoms. The van der Waals surface area contributed by atoms with E-state index in [4.69, 9.17) is 25.8 Å². The summed E-state index contributed by atoms with van der Waals surface area (Å²) in [6.07, 6.45) is 3.37. The Morgan fingerprint density at radius 2 is 1.66 bits per heavy atom. The van der Waals surface area contributed by atoms with Crippen LogP contribution >= 0.6 is 11.6 Å². The van der Waals surface area contributed by atoms with Crippen molar-refractivity contribution in [2.75, 3.05) is 40.9 Å². The van der Waals surface area contributed by atoms with Crippen LogP contribution in [0.4, 0.5) is 4.79 Å². The highest BCUT2D eigenvalue weighted by Crippen LogP contribution is 2.41. The van der Waals surface area contributed by atoms with Crippen LogP contribution in [0.1, 0.15) is 50.9 Å². The second-order valence-electron chi connectivity index (χ2n) is 12.2. The van der Waals surface area contributed by atoms with Gasteiger partial charge in [-0.1, -0.05) is 67.1 Å². The van der Waals surface area contributed by atoms with Gasteiger partial charge in [-0.05, 0) is 74.2 Å². The highest BCUT2D eigenvalue weighted by molar-refractivity contribution is 6.38. The first-order valence-electron chi connectivity index (χ1n) is 15.6. The van der Waals surface area contributed by atoms with Gasteiger partial charge in [0.05, 0.1) is 24.4 Å². The number of hydrogen-bond donors (Lipinski definition) is 1. The molecule has 1 N–H and O–H groups in total. The number of likely N-dealkylation sites (N-methyl/N-ethyl adjacent to an activating group) is 1. The monoisotopic (exact) mass is 657 g/mol. The number of nitrogens with one attached hydrogen (secondary N) is 1. The van der Waals surface area contributed by atoms with Crippen molar-refractivity contribution in [1.82, 2.24) is 14.8 Å². The summed E-state index contributed by atoms with van der Waals surface area (Å²) in [5, 5.41) is 1.62. The Labute approximate surface area is 282 Å². The van der Waals surface area contributed by atoms with Crippen molar-refractivity contribution in [3.63, 3.8) is 0 Å². The minimum atomic E-state index is -0.656. The van der Waals surface area contributed by atoms with Crippen LogP contribution in [0.25, 0.3) is 22.0 Å². The summed E-state index contributed by atoms with van der Waals surface area (Å²) < 4.78 is 17.2. The normalized spacial score (nSPS) is 12.2. The number of halogens is 1. The molecule has 0 unspecified atom stereocenters. The maximum Gasteiger partial charge on any atom is 0.410 e. The third-order valence-corrected chi connectivity index (χ3v) is 7.81. The summed E-state index contributed by atoms with van der Waals surface area (Å²) in [6, 6.07) is 23.9. The number of allylic oxidation sites excluding steroid dienone is 1. The lowest BCUT2D eigenvalue weighted by Crippen LogP contribution is -2.39. The fourth-order valence-electron chi connectivity index (χ4n) is 5.09. The number of carbonyl (C=O) groups is 2. The summed E-state index contributed by atoms with van der Waals surface area (Å²) in [6.45, 7) is 8.28. The number of benzene rings is 3. The van der Waals surface area contributed by atoms with E-state index in [9.17, 15) is 9.59 Å². The molecule has 1 aromatic heterocycles. The van der Waals surface area contributed by atoms with Gasteiger partial charge in [-0.2, -0.15) is 0 Å². The van der Waals surface area contributed by atoms with Crippen molar-refractivity contribution < 1.29 is 23.8 Å². The van der Waals surface area contributed by atoms with Crippen LogP contribution in [-0.4, -0.2) is 73.3 Å². The van der Waals surface area contributed by atoms with Gasteiger partial charge in [-0.15, -0.1) is 0 Å². The molecule has 0 aliphatic rings. The topological polar surface area (TPSA) is 84.1 Å². The zero-order chi connectivity index (χ0) is 34.1. The first-order valence-corrected chi connectivity index (χ1v) is 16.0. The fraction of sp³-hybridized carbons (Fsp3) is 0.316. The Morgan fingerprint density at radius 3 is 2.30 bits per heavy atom. The first-order chi connectivity index (χ1) is 22.4. The zero-order valence-corrected chi connectivity index (χ0v) is 29.0. The largest absolute Gasteiger partial charge is 0.497 e. The van der Waals surface area contributed by atoms with Gasteiger partial charge in [0.2, 0.25) is 5.91 Å². The minimum absolute atomic E-state index is 0.162.